The predicted octanol–water partition coefficient (Wildman–Crippen LogP) is 2.50. The van der Waals surface area contributed by atoms with Gasteiger partial charge in [0.15, 0.2) is 0 Å². The van der Waals surface area contributed by atoms with Crippen molar-refractivity contribution >= 4 is 17.3 Å². The maximum atomic E-state index is 12.3. The van der Waals surface area contributed by atoms with Crippen molar-refractivity contribution < 1.29 is 4.79 Å². The van der Waals surface area contributed by atoms with Crippen LogP contribution in [0.3, 0.4) is 0 Å². The smallest absolute Gasteiger partial charge is 0.244 e. The van der Waals surface area contributed by atoms with Gasteiger partial charge in [0, 0.05) is 13.1 Å². The van der Waals surface area contributed by atoms with Gasteiger partial charge in [-0.2, -0.15) is 0 Å². The number of piperidine rings is 1. The molecule has 0 unspecified atom stereocenters. The average molecular weight is 273 g/mol. The summed E-state index contributed by atoms with van der Waals surface area (Å²) >= 11 is 0. The van der Waals surface area contributed by atoms with Crippen LogP contribution in [0.4, 0.5) is 11.4 Å². The van der Waals surface area contributed by atoms with Crippen LogP contribution < -0.4 is 16.0 Å². The Labute approximate surface area is 120 Å². The SMILES string of the molecule is NC1(C(=O)Nc2ccccc2N2CCCCC2)CCC1. The summed E-state index contributed by atoms with van der Waals surface area (Å²) in [4.78, 5) is 14.7. The van der Waals surface area contributed by atoms with E-state index in [1.54, 1.807) is 0 Å². The number of hydrogen-bond donors (Lipinski definition) is 2. The van der Waals surface area contributed by atoms with E-state index >= 15 is 0 Å². The topological polar surface area (TPSA) is 58.4 Å². The molecule has 20 heavy (non-hydrogen) atoms. The highest BCUT2D eigenvalue weighted by Crippen LogP contribution is 2.33. The van der Waals surface area contributed by atoms with Crippen molar-refractivity contribution in [2.24, 2.45) is 5.73 Å². The molecule has 3 rings (SSSR count). The first-order chi connectivity index (χ1) is 9.69. The minimum absolute atomic E-state index is 0.0341. The maximum absolute atomic E-state index is 12.3. The molecule has 4 heteroatoms. The zero-order chi connectivity index (χ0) is 14.0. The number of anilines is 2. The van der Waals surface area contributed by atoms with Gasteiger partial charge >= 0.3 is 0 Å². The molecule has 1 aliphatic carbocycles. The number of benzene rings is 1. The fourth-order valence-corrected chi connectivity index (χ4v) is 3.02. The number of carbonyl (C=O) groups excluding carboxylic acids is 1. The highest BCUT2D eigenvalue weighted by molar-refractivity contribution is 6.00. The molecule has 0 atom stereocenters. The van der Waals surface area contributed by atoms with Crippen molar-refractivity contribution in [2.75, 3.05) is 23.3 Å². The van der Waals surface area contributed by atoms with Gasteiger partial charge in [-0.1, -0.05) is 12.1 Å². The Morgan fingerprint density at radius 1 is 1.10 bits per heavy atom. The molecule has 1 amide bonds. The molecule has 1 heterocycles. The summed E-state index contributed by atoms with van der Waals surface area (Å²) in [5, 5.41) is 3.04. The lowest BCUT2D eigenvalue weighted by Crippen LogP contribution is -2.56. The van der Waals surface area contributed by atoms with Gasteiger partial charge in [0.05, 0.1) is 16.9 Å². The Hall–Kier alpha value is -1.55. The van der Waals surface area contributed by atoms with Crippen LogP contribution in [-0.4, -0.2) is 24.5 Å². The minimum atomic E-state index is -0.644. The summed E-state index contributed by atoms with van der Waals surface area (Å²) in [5.74, 6) is -0.0341. The van der Waals surface area contributed by atoms with E-state index in [0.717, 1.165) is 43.7 Å². The van der Waals surface area contributed by atoms with Crippen molar-refractivity contribution in [1.82, 2.24) is 0 Å². The minimum Gasteiger partial charge on any atom is -0.370 e. The zero-order valence-corrected chi connectivity index (χ0v) is 11.9. The monoisotopic (exact) mass is 273 g/mol. The van der Waals surface area contributed by atoms with E-state index in [0.29, 0.717) is 0 Å². The third-order valence-corrected chi connectivity index (χ3v) is 4.55. The van der Waals surface area contributed by atoms with Gasteiger partial charge in [0.2, 0.25) is 5.91 Å². The highest BCUT2D eigenvalue weighted by Gasteiger charge is 2.40. The lowest BCUT2D eigenvalue weighted by molar-refractivity contribution is -0.123. The first-order valence-corrected chi connectivity index (χ1v) is 7.63. The van der Waals surface area contributed by atoms with E-state index in [9.17, 15) is 4.79 Å². The molecule has 0 radical (unpaired) electrons. The highest BCUT2D eigenvalue weighted by atomic mass is 16.2. The van der Waals surface area contributed by atoms with E-state index in [4.69, 9.17) is 5.73 Å². The van der Waals surface area contributed by atoms with Crippen LogP contribution in [0.25, 0.3) is 0 Å². The summed E-state index contributed by atoms with van der Waals surface area (Å²) in [7, 11) is 0. The number of nitrogens with zero attached hydrogens (tertiary/aromatic N) is 1. The Kier molecular flexibility index (Phi) is 3.66. The molecule has 108 valence electrons. The zero-order valence-electron chi connectivity index (χ0n) is 11.9. The number of nitrogens with two attached hydrogens (primary N) is 1. The molecule has 1 saturated carbocycles. The van der Waals surface area contributed by atoms with Gasteiger partial charge in [-0.15, -0.1) is 0 Å². The molecule has 1 aliphatic heterocycles. The number of rotatable bonds is 3. The second kappa shape index (κ2) is 5.44. The number of hydrogen-bond acceptors (Lipinski definition) is 3. The van der Waals surface area contributed by atoms with Gasteiger partial charge in [0.1, 0.15) is 0 Å². The van der Waals surface area contributed by atoms with E-state index < -0.39 is 5.54 Å². The van der Waals surface area contributed by atoms with Crippen LogP contribution in [-0.2, 0) is 4.79 Å². The molecule has 2 fully saturated rings. The Balaban J connectivity index is 1.77. The normalized spacial score (nSPS) is 21.1. The lowest BCUT2D eigenvalue weighted by atomic mass is 9.77. The molecule has 1 saturated heterocycles. The Bertz CT molecular complexity index is 490. The molecule has 2 aliphatic rings. The van der Waals surface area contributed by atoms with Gasteiger partial charge in [-0.05, 0) is 50.7 Å². The number of amides is 1. The standard InChI is InChI=1S/C16H23N3O/c17-16(9-6-10-16)15(20)18-13-7-2-3-8-14(13)19-11-4-1-5-12-19/h2-3,7-8H,1,4-6,9-12,17H2,(H,18,20). The fourth-order valence-electron chi connectivity index (χ4n) is 3.02. The van der Waals surface area contributed by atoms with Crippen molar-refractivity contribution in [1.29, 1.82) is 0 Å². The van der Waals surface area contributed by atoms with Crippen molar-refractivity contribution in [2.45, 2.75) is 44.1 Å². The quantitative estimate of drug-likeness (QED) is 0.889. The largest absolute Gasteiger partial charge is 0.370 e. The third-order valence-electron chi connectivity index (χ3n) is 4.55. The van der Waals surface area contributed by atoms with Gasteiger partial charge in [-0.25, -0.2) is 0 Å². The van der Waals surface area contributed by atoms with E-state index in [1.807, 2.05) is 18.2 Å². The molecule has 0 aromatic heterocycles. The van der Waals surface area contributed by atoms with Crippen LogP contribution in [0.5, 0.6) is 0 Å². The number of para-hydroxylation sites is 2. The summed E-state index contributed by atoms with van der Waals surface area (Å²) in [6, 6.07) is 8.06. The van der Waals surface area contributed by atoms with Crippen LogP contribution in [0.2, 0.25) is 0 Å². The Morgan fingerprint density at radius 3 is 2.45 bits per heavy atom. The van der Waals surface area contributed by atoms with Crippen molar-refractivity contribution in [3.8, 4) is 0 Å². The first kappa shape index (κ1) is 13.4. The Morgan fingerprint density at radius 2 is 1.80 bits per heavy atom. The van der Waals surface area contributed by atoms with Gasteiger partial charge < -0.3 is 16.0 Å². The van der Waals surface area contributed by atoms with Crippen molar-refractivity contribution in [3.05, 3.63) is 24.3 Å². The van der Waals surface area contributed by atoms with Crippen LogP contribution in [0.1, 0.15) is 38.5 Å². The molecule has 4 nitrogen and oxygen atoms in total. The fraction of sp³-hybridized carbons (Fsp3) is 0.562. The van der Waals surface area contributed by atoms with Crippen molar-refractivity contribution in [3.63, 3.8) is 0 Å². The summed E-state index contributed by atoms with van der Waals surface area (Å²) < 4.78 is 0. The molecule has 1 aromatic carbocycles. The van der Waals surface area contributed by atoms with E-state index in [-0.39, 0.29) is 5.91 Å². The van der Waals surface area contributed by atoms with Crippen LogP contribution in [0.15, 0.2) is 24.3 Å². The summed E-state index contributed by atoms with van der Waals surface area (Å²) in [6.45, 7) is 2.14. The van der Waals surface area contributed by atoms with E-state index in [1.165, 1.54) is 19.3 Å². The van der Waals surface area contributed by atoms with Gasteiger partial charge in [-0.3, -0.25) is 4.79 Å². The molecular formula is C16H23N3O. The first-order valence-electron chi connectivity index (χ1n) is 7.63. The number of nitrogens with one attached hydrogen (secondary N) is 1. The molecule has 3 N–H and O–H groups in total. The average Bonchev–Trinajstić information content (AvgIpc) is 2.46. The summed E-state index contributed by atoms with van der Waals surface area (Å²) in [6.07, 6.45) is 6.40. The molecule has 0 bridgehead atoms. The van der Waals surface area contributed by atoms with Crippen LogP contribution in [0, 0.1) is 0 Å². The van der Waals surface area contributed by atoms with E-state index in [2.05, 4.69) is 16.3 Å². The molecule has 0 spiro atoms. The van der Waals surface area contributed by atoms with Crippen LogP contribution >= 0.6 is 0 Å². The third kappa shape index (κ3) is 2.52. The molecule has 1 aromatic rings. The number of carbonyl (C=O) groups is 1. The maximum Gasteiger partial charge on any atom is 0.244 e. The second-order valence-corrected chi connectivity index (χ2v) is 6.03. The molecular weight excluding hydrogens is 250 g/mol. The summed E-state index contributed by atoms with van der Waals surface area (Å²) in [5.41, 5.74) is 7.48. The van der Waals surface area contributed by atoms with Gasteiger partial charge in [0.25, 0.3) is 0 Å². The second-order valence-electron chi connectivity index (χ2n) is 6.03. The lowest BCUT2D eigenvalue weighted by Gasteiger charge is -2.37. The predicted molar refractivity (Wildman–Crippen MR) is 81.9 cm³/mol.